The zero-order valence-electron chi connectivity index (χ0n) is 11.0. The minimum absolute atomic E-state index is 0.470. The van der Waals surface area contributed by atoms with Crippen LogP contribution in [0.3, 0.4) is 0 Å². The van der Waals surface area contributed by atoms with Gasteiger partial charge in [0.1, 0.15) is 0 Å². The maximum atomic E-state index is 4.45. The molecule has 0 spiro atoms. The Morgan fingerprint density at radius 1 is 1.44 bits per heavy atom. The van der Waals surface area contributed by atoms with Crippen LogP contribution in [0.5, 0.6) is 0 Å². The van der Waals surface area contributed by atoms with E-state index in [2.05, 4.69) is 29.5 Å². The van der Waals surface area contributed by atoms with Gasteiger partial charge in [-0.15, -0.1) is 0 Å². The van der Waals surface area contributed by atoms with E-state index in [0.29, 0.717) is 6.04 Å². The number of aromatic nitrogens is 2. The Hall–Kier alpha value is -1.35. The normalized spacial score (nSPS) is 17.2. The fourth-order valence-corrected chi connectivity index (χ4v) is 2.55. The Bertz CT molecular complexity index is 513. The van der Waals surface area contributed by atoms with Crippen LogP contribution in [0.25, 0.3) is 5.52 Å². The van der Waals surface area contributed by atoms with Gasteiger partial charge in [0.05, 0.1) is 11.7 Å². The standard InChI is InChI=1S/C15H21N3/c1-2-8-16-14(10-12-6-7-12)13-11-17-18-9-4-3-5-15(13)18/h3-5,9,11-12,14,16H,2,6-8,10H2,1H3. The van der Waals surface area contributed by atoms with Crippen molar-refractivity contribution in [3.05, 3.63) is 36.2 Å². The van der Waals surface area contributed by atoms with Crippen LogP contribution in [-0.4, -0.2) is 16.2 Å². The van der Waals surface area contributed by atoms with E-state index < -0.39 is 0 Å². The Kier molecular flexibility index (Phi) is 3.33. The first kappa shape index (κ1) is 11.7. The SMILES string of the molecule is CCCNC(CC1CC1)c1cnn2ccccc12. The lowest BCUT2D eigenvalue weighted by Gasteiger charge is -2.17. The van der Waals surface area contributed by atoms with Gasteiger partial charge < -0.3 is 5.32 Å². The van der Waals surface area contributed by atoms with Crippen molar-refractivity contribution >= 4 is 5.52 Å². The highest BCUT2D eigenvalue weighted by molar-refractivity contribution is 5.54. The molecule has 1 fully saturated rings. The van der Waals surface area contributed by atoms with Gasteiger partial charge in [0.2, 0.25) is 0 Å². The molecule has 3 nitrogen and oxygen atoms in total. The van der Waals surface area contributed by atoms with Crippen LogP contribution in [0, 0.1) is 5.92 Å². The largest absolute Gasteiger partial charge is 0.310 e. The van der Waals surface area contributed by atoms with Crippen LogP contribution in [0.1, 0.15) is 44.2 Å². The first-order valence-electron chi connectivity index (χ1n) is 7.04. The molecule has 1 atom stereocenters. The molecule has 1 aliphatic carbocycles. The monoisotopic (exact) mass is 243 g/mol. The van der Waals surface area contributed by atoms with Crippen molar-refractivity contribution in [1.82, 2.24) is 14.9 Å². The molecule has 2 aromatic rings. The third kappa shape index (κ3) is 2.41. The Morgan fingerprint density at radius 3 is 3.11 bits per heavy atom. The molecule has 2 heterocycles. The van der Waals surface area contributed by atoms with Gasteiger partial charge in [0.15, 0.2) is 0 Å². The van der Waals surface area contributed by atoms with Gasteiger partial charge in [-0.25, -0.2) is 4.52 Å². The lowest BCUT2D eigenvalue weighted by molar-refractivity contribution is 0.476. The fraction of sp³-hybridized carbons (Fsp3) is 0.533. The van der Waals surface area contributed by atoms with Crippen molar-refractivity contribution in [2.24, 2.45) is 5.92 Å². The van der Waals surface area contributed by atoms with Crippen molar-refractivity contribution in [2.75, 3.05) is 6.54 Å². The lowest BCUT2D eigenvalue weighted by atomic mass is 10.0. The summed E-state index contributed by atoms with van der Waals surface area (Å²) in [5, 5.41) is 8.13. The Morgan fingerprint density at radius 2 is 2.33 bits per heavy atom. The van der Waals surface area contributed by atoms with Crippen LogP contribution < -0.4 is 5.32 Å². The van der Waals surface area contributed by atoms with Crippen LogP contribution in [-0.2, 0) is 0 Å². The van der Waals surface area contributed by atoms with Crippen molar-refractivity contribution < 1.29 is 0 Å². The molecule has 3 heteroatoms. The highest BCUT2D eigenvalue weighted by Gasteiger charge is 2.27. The smallest absolute Gasteiger partial charge is 0.0709 e. The second-order valence-corrected chi connectivity index (χ2v) is 5.32. The zero-order valence-corrected chi connectivity index (χ0v) is 11.0. The summed E-state index contributed by atoms with van der Waals surface area (Å²) in [5.41, 5.74) is 2.60. The number of pyridine rings is 1. The first-order chi connectivity index (χ1) is 8.88. The molecule has 96 valence electrons. The molecule has 1 aliphatic rings. The van der Waals surface area contributed by atoms with Gasteiger partial charge in [-0.2, -0.15) is 5.10 Å². The van der Waals surface area contributed by atoms with Gasteiger partial charge in [-0.1, -0.05) is 25.8 Å². The Labute approximate surface area is 108 Å². The second kappa shape index (κ2) is 5.11. The average Bonchev–Trinajstić information content (AvgIpc) is 3.12. The van der Waals surface area contributed by atoms with Gasteiger partial charge in [0, 0.05) is 17.8 Å². The average molecular weight is 243 g/mol. The summed E-state index contributed by atoms with van der Waals surface area (Å²) in [7, 11) is 0. The minimum Gasteiger partial charge on any atom is -0.310 e. The predicted octanol–water partition coefficient (Wildman–Crippen LogP) is 3.18. The number of fused-ring (bicyclic) bond motifs is 1. The summed E-state index contributed by atoms with van der Waals surface area (Å²) in [4.78, 5) is 0. The van der Waals surface area contributed by atoms with Crippen molar-refractivity contribution in [3.63, 3.8) is 0 Å². The summed E-state index contributed by atoms with van der Waals surface area (Å²) in [6.45, 7) is 3.30. The lowest BCUT2D eigenvalue weighted by Crippen LogP contribution is -2.22. The highest BCUT2D eigenvalue weighted by Crippen LogP contribution is 2.38. The third-order valence-corrected chi connectivity index (χ3v) is 3.74. The summed E-state index contributed by atoms with van der Waals surface area (Å²) in [6.07, 6.45) is 9.31. The van der Waals surface area contributed by atoms with E-state index in [-0.39, 0.29) is 0 Å². The summed E-state index contributed by atoms with van der Waals surface area (Å²) in [6, 6.07) is 6.75. The first-order valence-corrected chi connectivity index (χ1v) is 7.04. The predicted molar refractivity (Wildman–Crippen MR) is 73.6 cm³/mol. The second-order valence-electron chi connectivity index (χ2n) is 5.32. The van der Waals surface area contributed by atoms with Gasteiger partial charge in [0.25, 0.3) is 0 Å². The highest BCUT2D eigenvalue weighted by atomic mass is 15.2. The van der Waals surface area contributed by atoms with E-state index in [4.69, 9.17) is 0 Å². The van der Waals surface area contributed by atoms with Crippen LogP contribution >= 0.6 is 0 Å². The van der Waals surface area contributed by atoms with Crippen LogP contribution in [0.4, 0.5) is 0 Å². The molecular weight excluding hydrogens is 222 g/mol. The molecule has 3 rings (SSSR count). The van der Waals surface area contributed by atoms with Gasteiger partial charge >= 0.3 is 0 Å². The Balaban J connectivity index is 1.87. The summed E-state index contributed by atoms with van der Waals surface area (Å²) < 4.78 is 1.98. The van der Waals surface area contributed by atoms with Crippen molar-refractivity contribution in [2.45, 2.75) is 38.6 Å². The topological polar surface area (TPSA) is 29.3 Å². The molecule has 1 N–H and O–H groups in total. The minimum atomic E-state index is 0.470. The zero-order chi connectivity index (χ0) is 12.4. The van der Waals surface area contributed by atoms with E-state index >= 15 is 0 Å². The van der Waals surface area contributed by atoms with Gasteiger partial charge in [-0.3, -0.25) is 0 Å². The van der Waals surface area contributed by atoms with E-state index in [1.54, 1.807) is 0 Å². The molecule has 0 bridgehead atoms. The molecule has 2 aromatic heterocycles. The number of hydrogen-bond donors (Lipinski definition) is 1. The van der Waals surface area contributed by atoms with Crippen LogP contribution in [0.2, 0.25) is 0 Å². The number of nitrogens with one attached hydrogen (secondary N) is 1. The van der Waals surface area contributed by atoms with E-state index in [9.17, 15) is 0 Å². The number of nitrogens with zero attached hydrogens (tertiary/aromatic N) is 2. The van der Waals surface area contributed by atoms with Crippen molar-refractivity contribution in [1.29, 1.82) is 0 Å². The number of hydrogen-bond acceptors (Lipinski definition) is 2. The quantitative estimate of drug-likeness (QED) is 0.844. The summed E-state index contributed by atoms with van der Waals surface area (Å²) >= 11 is 0. The molecule has 0 aliphatic heterocycles. The van der Waals surface area contributed by atoms with Crippen LogP contribution in [0.15, 0.2) is 30.6 Å². The summed E-state index contributed by atoms with van der Waals surface area (Å²) in [5.74, 6) is 0.929. The molecule has 0 amide bonds. The van der Waals surface area contributed by atoms with Crippen molar-refractivity contribution in [3.8, 4) is 0 Å². The maximum Gasteiger partial charge on any atom is 0.0709 e. The van der Waals surface area contributed by atoms with E-state index in [0.717, 1.165) is 12.5 Å². The molecule has 1 unspecified atom stereocenters. The van der Waals surface area contributed by atoms with Gasteiger partial charge in [-0.05, 0) is 37.4 Å². The van der Waals surface area contributed by atoms with E-state index in [1.165, 1.54) is 36.8 Å². The maximum absolute atomic E-state index is 4.45. The molecule has 1 saturated carbocycles. The molecular formula is C15H21N3. The molecule has 0 radical (unpaired) electrons. The molecule has 18 heavy (non-hydrogen) atoms. The van der Waals surface area contributed by atoms with E-state index in [1.807, 2.05) is 23.0 Å². The molecule has 0 aromatic carbocycles. The molecule has 0 saturated heterocycles. The fourth-order valence-electron chi connectivity index (χ4n) is 2.55. The third-order valence-electron chi connectivity index (χ3n) is 3.74. The number of rotatable bonds is 6.